The molecule has 0 radical (unpaired) electrons. The molecule has 1 amide bonds. The lowest BCUT2D eigenvalue weighted by Crippen LogP contribution is -2.34. The van der Waals surface area contributed by atoms with Crippen molar-refractivity contribution in [3.05, 3.63) is 71.5 Å². The Morgan fingerprint density at radius 3 is 2.29 bits per heavy atom. The van der Waals surface area contributed by atoms with Crippen LogP contribution in [0, 0.1) is 11.7 Å². The maximum atomic E-state index is 12.8. The fourth-order valence-corrected chi connectivity index (χ4v) is 2.38. The largest absolute Gasteiger partial charge is 0.481 e. The van der Waals surface area contributed by atoms with Gasteiger partial charge < -0.3 is 10.4 Å². The van der Waals surface area contributed by atoms with Gasteiger partial charge >= 0.3 is 5.97 Å². The van der Waals surface area contributed by atoms with Crippen molar-refractivity contribution in [3.8, 4) is 0 Å². The highest BCUT2D eigenvalue weighted by Gasteiger charge is 2.18. The third-order valence-corrected chi connectivity index (χ3v) is 3.77. The molecule has 0 aliphatic rings. The molecule has 1 unspecified atom stereocenters. The molecule has 0 heterocycles. The van der Waals surface area contributed by atoms with Gasteiger partial charge in [0.05, 0.1) is 5.92 Å². The van der Waals surface area contributed by atoms with Gasteiger partial charge in [0.1, 0.15) is 5.82 Å². The molecular formula is C19H20FNO3. The van der Waals surface area contributed by atoms with E-state index in [1.54, 1.807) is 12.1 Å². The van der Waals surface area contributed by atoms with Crippen molar-refractivity contribution in [3.63, 3.8) is 0 Å². The number of amides is 1. The lowest BCUT2D eigenvalue weighted by atomic mass is 9.99. The minimum Gasteiger partial charge on any atom is -0.481 e. The molecule has 1 atom stereocenters. The predicted molar refractivity (Wildman–Crippen MR) is 89.0 cm³/mol. The summed E-state index contributed by atoms with van der Waals surface area (Å²) in [6.45, 7) is 0.0898. The molecule has 0 saturated carbocycles. The molecule has 2 aromatic carbocycles. The maximum Gasteiger partial charge on any atom is 0.308 e. The van der Waals surface area contributed by atoms with Crippen LogP contribution in [0.3, 0.4) is 0 Å². The summed E-state index contributed by atoms with van der Waals surface area (Å²) in [5.74, 6) is -2.12. The molecular weight excluding hydrogens is 309 g/mol. The Morgan fingerprint density at radius 2 is 1.67 bits per heavy atom. The van der Waals surface area contributed by atoms with Crippen LogP contribution in [0.15, 0.2) is 54.6 Å². The number of hydrogen-bond acceptors (Lipinski definition) is 2. The third-order valence-electron chi connectivity index (χ3n) is 3.77. The van der Waals surface area contributed by atoms with Gasteiger partial charge in [-0.25, -0.2) is 4.39 Å². The van der Waals surface area contributed by atoms with Gasteiger partial charge in [0, 0.05) is 13.0 Å². The van der Waals surface area contributed by atoms with Crippen LogP contribution < -0.4 is 5.32 Å². The van der Waals surface area contributed by atoms with E-state index in [-0.39, 0.29) is 24.7 Å². The smallest absolute Gasteiger partial charge is 0.308 e. The lowest BCUT2D eigenvalue weighted by molar-refractivity contribution is -0.141. The first-order chi connectivity index (χ1) is 11.5. The highest BCUT2D eigenvalue weighted by molar-refractivity contribution is 5.77. The molecule has 0 spiro atoms. The van der Waals surface area contributed by atoms with Crippen molar-refractivity contribution >= 4 is 11.9 Å². The molecule has 0 aliphatic carbocycles. The minimum absolute atomic E-state index is 0.0898. The van der Waals surface area contributed by atoms with E-state index >= 15 is 0 Å². The SMILES string of the molecule is O=C(CCc1ccc(F)cc1)NCC(Cc1ccccc1)C(=O)O. The Bertz CT molecular complexity index is 671. The highest BCUT2D eigenvalue weighted by atomic mass is 19.1. The topological polar surface area (TPSA) is 66.4 Å². The molecule has 24 heavy (non-hydrogen) atoms. The number of benzene rings is 2. The summed E-state index contributed by atoms with van der Waals surface area (Å²) in [4.78, 5) is 23.2. The van der Waals surface area contributed by atoms with Crippen molar-refractivity contribution < 1.29 is 19.1 Å². The molecule has 0 aliphatic heterocycles. The Morgan fingerprint density at radius 1 is 1.00 bits per heavy atom. The number of aliphatic carboxylic acids is 1. The molecule has 2 N–H and O–H groups in total. The molecule has 2 rings (SSSR count). The standard InChI is InChI=1S/C19H20FNO3/c20-17-9-6-14(7-10-17)8-11-18(22)21-13-16(19(23)24)12-15-4-2-1-3-5-15/h1-7,9-10,16H,8,11-13H2,(H,21,22)(H,23,24). The number of carbonyl (C=O) groups excluding carboxylic acids is 1. The summed E-state index contributed by atoms with van der Waals surface area (Å²) in [6.07, 6.45) is 1.10. The summed E-state index contributed by atoms with van der Waals surface area (Å²) in [5, 5.41) is 12.0. The fraction of sp³-hybridized carbons (Fsp3) is 0.263. The van der Waals surface area contributed by atoms with Gasteiger partial charge in [-0.1, -0.05) is 42.5 Å². The molecule has 0 aromatic heterocycles. The van der Waals surface area contributed by atoms with E-state index in [9.17, 15) is 19.1 Å². The first-order valence-electron chi connectivity index (χ1n) is 7.82. The Kier molecular flexibility index (Phi) is 6.49. The zero-order valence-electron chi connectivity index (χ0n) is 13.2. The van der Waals surface area contributed by atoms with E-state index in [4.69, 9.17) is 0 Å². The number of halogens is 1. The van der Waals surface area contributed by atoms with Crippen LogP contribution in [-0.2, 0) is 22.4 Å². The lowest BCUT2D eigenvalue weighted by Gasteiger charge is -2.13. The number of rotatable bonds is 8. The average molecular weight is 329 g/mol. The van der Waals surface area contributed by atoms with Crippen molar-refractivity contribution in [2.24, 2.45) is 5.92 Å². The zero-order valence-corrected chi connectivity index (χ0v) is 13.2. The van der Waals surface area contributed by atoms with Crippen molar-refractivity contribution in [1.29, 1.82) is 0 Å². The van der Waals surface area contributed by atoms with E-state index in [1.165, 1.54) is 12.1 Å². The molecule has 2 aromatic rings. The summed E-state index contributed by atoms with van der Waals surface area (Å²) in [7, 11) is 0. The molecule has 0 fully saturated rings. The molecule has 0 bridgehead atoms. The van der Waals surface area contributed by atoms with Crippen molar-refractivity contribution in [1.82, 2.24) is 5.32 Å². The quantitative estimate of drug-likeness (QED) is 0.782. The summed E-state index contributed by atoms with van der Waals surface area (Å²) >= 11 is 0. The number of hydrogen-bond donors (Lipinski definition) is 2. The first kappa shape index (κ1) is 17.7. The minimum atomic E-state index is -0.933. The van der Waals surface area contributed by atoms with E-state index in [0.717, 1.165) is 11.1 Å². The molecule has 5 heteroatoms. The average Bonchev–Trinajstić information content (AvgIpc) is 2.58. The highest BCUT2D eigenvalue weighted by Crippen LogP contribution is 2.09. The van der Waals surface area contributed by atoms with Gasteiger partial charge in [0.2, 0.25) is 5.91 Å². The van der Waals surface area contributed by atoms with Crippen molar-refractivity contribution in [2.45, 2.75) is 19.3 Å². The monoisotopic (exact) mass is 329 g/mol. The Hall–Kier alpha value is -2.69. The van der Waals surface area contributed by atoms with Crippen LogP contribution in [0.5, 0.6) is 0 Å². The fourth-order valence-electron chi connectivity index (χ4n) is 2.38. The summed E-state index contributed by atoms with van der Waals surface area (Å²) in [6, 6.07) is 15.3. The number of aryl methyl sites for hydroxylation is 1. The normalized spacial score (nSPS) is 11.7. The molecule has 4 nitrogen and oxygen atoms in total. The predicted octanol–water partition coefficient (Wildman–Crippen LogP) is 2.82. The first-order valence-corrected chi connectivity index (χ1v) is 7.82. The van der Waals surface area contributed by atoms with Gasteiger partial charge in [-0.2, -0.15) is 0 Å². The van der Waals surface area contributed by atoms with Gasteiger partial charge in [-0.05, 0) is 36.1 Å². The van der Waals surface area contributed by atoms with Crippen LogP contribution in [-0.4, -0.2) is 23.5 Å². The number of carbonyl (C=O) groups is 2. The second-order valence-electron chi connectivity index (χ2n) is 5.66. The van der Waals surface area contributed by atoms with Crippen LogP contribution >= 0.6 is 0 Å². The van der Waals surface area contributed by atoms with Crippen LogP contribution in [0.2, 0.25) is 0 Å². The number of carboxylic acids is 1. The van der Waals surface area contributed by atoms with Crippen molar-refractivity contribution in [2.75, 3.05) is 6.54 Å². The van der Waals surface area contributed by atoms with E-state index < -0.39 is 11.9 Å². The van der Waals surface area contributed by atoms with E-state index in [2.05, 4.69) is 5.32 Å². The third kappa shape index (κ3) is 5.83. The van der Waals surface area contributed by atoms with Crippen LogP contribution in [0.4, 0.5) is 4.39 Å². The molecule has 126 valence electrons. The number of carboxylic acid groups (broad SMARTS) is 1. The Balaban J connectivity index is 1.79. The van der Waals surface area contributed by atoms with E-state index in [0.29, 0.717) is 12.8 Å². The second kappa shape index (κ2) is 8.82. The van der Waals surface area contributed by atoms with Crippen LogP contribution in [0.1, 0.15) is 17.5 Å². The summed E-state index contributed by atoms with van der Waals surface area (Å²) < 4.78 is 12.8. The molecule has 0 saturated heterocycles. The van der Waals surface area contributed by atoms with E-state index in [1.807, 2.05) is 30.3 Å². The van der Waals surface area contributed by atoms with Gasteiger partial charge in [-0.15, -0.1) is 0 Å². The second-order valence-corrected chi connectivity index (χ2v) is 5.66. The maximum absolute atomic E-state index is 12.8. The Labute approximate surface area is 140 Å². The van der Waals surface area contributed by atoms with Gasteiger partial charge in [0.15, 0.2) is 0 Å². The summed E-state index contributed by atoms with van der Waals surface area (Å²) in [5.41, 5.74) is 1.79. The number of nitrogens with one attached hydrogen (secondary N) is 1. The van der Waals surface area contributed by atoms with Gasteiger partial charge in [-0.3, -0.25) is 9.59 Å². The van der Waals surface area contributed by atoms with Crippen LogP contribution in [0.25, 0.3) is 0 Å². The van der Waals surface area contributed by atoms with Gasteiger partial charge in [0.25, 0.3) is 0 Å². The zero-order chi connectivity index (χ0) is 17.4.